The van der Waals surface area contributed by atoms with Gasteiger partial charge in [0.1, 0.15) is 17.2 Å². The average molecular weight is 469 g/mol. The number of aromatic nitrogens is 4. The normalized spacial score (nSPS) is 18.5. The van der Waals surface area contributed by atoms with Gasteiger partial charge in [0.2, 0.25) is 5.91 Å². The topological polar surface area (TPSA) is 112 Å². The molecule has 0 bridgehead atoms. The van der Waals surface area contributed by atoms with E-state index >= 15 is 0 Å². The Balaban J connectivity index is 1.39. The van der Waals surface area contributed by atoms with Crippen LogP contribution in [0.15, 0.2) is 60.2 Å². The summed E-state index contributed by atoms with van der Waals surface area (Å²) in [6.07, 6.45) is 7.16. The van der Waals surface area contributed by atoms with Crippen LogP contribution in [0.4, 0.5) is 5.82 Å². The smallest absolute Gasteiger partial charge is 0.220 e. The summed E-state index contributed by atoms with van der Waals surface area (Å²) in [6.45, 7) is 0. The van der Waals surface area contributed by atoms with Crippen molar-refractivity contribution < 1.29 is 4.79 Å². The molecule has 1 aromatic carbocycles. The highest BCUT2D eigenvalue weighted by molar-refractivity contribution is 7.13. The van der Waals surface area contributed by atoms with Crippen molar-refractivity contribution in [2.45, 2.75) is 31.6 Å². The predicted molar refractivity (Wildman–Crippen MR) is 135 cm³/mol. The van der Waals surface area contributed by atoms with Gasteiger partial charge in [-0.25, -0.2) is 15.0 Å². The fraction of sp³-hybridized carbons (Fsp3) is 0.231. The van der Waals surface area contributed by atoms with Crippen molar-refractivity contribution in [2.75, 3.05) is 5.73 Å². The van der Waals surface area contributed by atoms with E-state index in [0.29, 0.717) is 5.82 Å². The van der Waals surface area contributed by atoms with Crippen LogP contribution < -0.4 is 11.5 Å². The molecule has 1 fully saturated rings. The Morgan fingerprint density at radius 1 is 1.03 bits per heavy atom. The molecule has 4 heterocycles. The second-order valence-electron chi connectivity index (χ2n) is 8.92. The number of fused-ring (bicyclic) bond motifs is 2. The number of pyridine rings is 1. The van der Waals surface area contributed by atoms with Gasteiger partial charge >= 0.3 is 0 Å². The first kappa shape index (κ1) is 20.8. The van der Waals surface area contributed by atoms with Crippen LogP contribution in [0.5, 0.6) is 0 Å². The molecule has 8 heteroatoms. The Labute approximate surface area is 200 Å². The lowest BCUT2D eigenvalue weighted by Crippen LogP contribution is -2.27. The zero-order valence-corrected chi connectivity index (χ0v) is 19.3. The molecule has 4 aromatic heterocycles. The average Bonchev–Trinajstić information content (AvgIpc) is 3.54. The van der Waals surface area contributed by atoms with Crippen molar-refractivity contribution in [3.8, 4) is 21.8 Å². The van der Waals surface area contributed by atoms with Gasteiger partial charge in [0.25, 0.3) is 0 Å². The number of carbonyl (C=O) groups is 1. The van der Waals surface area contributed by atoms with E-state index in [-0.39, 0.29) is 17.7 Å². The fourth-order valence-electron chi connectivity index (χ4n) is 4.95. The van der Waals surface area contributed by atoms with Crippen LogP contribution in [0.3, 0.4) is 0 Å². The van der Waals surface area contributed by atoms with Crippen LogP contribution in [0.25, 0.3) is 38.2 Å². The molecule has 7 nitrogen and oxygen atoms in total. The highest BCUT2D eigenvalue weighted by Crippen LogP contribution is 2.36. The first-order valence-electron chi connectivity index (χ1n) is 11.4. The number of anilines is 1. The minimum Gasteiger partial charge on any atom is -0.382 e. The highest BCUT2D eigenvalue weighted by Gasteiger charge is 2.28. The summed E-state index contributed by atoms with van der Waals surface area (Å²) in [5, 5.41) is 3.13. The van der Waals surface area contributed by atoms with Gasteiger partial charge in [0, 0.05) is 29.0 Å². The maximum absolute atomic E-state index is 11.6. The molecular weight excluding hydrogens is 444 g/mol. The zero-order valence-electron chi connectivity index (χ0n) is 18.5. The van der Waals surface area contributed by atoms with Crippen molar-refractivity contribution in [3.05, 3.63) is 66.1 Å². The number of thiophene rings is 1. The largest absolute Gasteiger partial charge is 0.382 e. The molecule has 6 rings (SSSR count). The lowest BCUT2D eigenvalue weighted by Gasteiger charge is -2.25. The van der Waals surface area contributed by atoms with Crippen LogP contribution >= 0.6 is 11.3 Å². The van der Waals surface area contributed by atoms with E-state index in [1.54, 1.807) is 17.5 Å². The number of rotatable bonds is 4. The summed E-state index contributed by atoms with van der Waals surface area (Å²) < 4.78 is 2.06. The Morgan fingerprint density at radius 3 is 2.62 bits per heavy atom. The summed E-state index contributed by atoms with van der Waals surface area (Å²) >= 11 is 1.68. The first-order chi connectivity index (χ1) is 16.6. The molecule has 34 heavy (non-hydrogen) atoms. The molecule has 0 radical (unpaired) electrons. The van der Waals surface area contributed by atoms with Crippen LogP contribution in [0.2, 0.25) is 0 Å². The number of amides is 1. The molecule has 5 aromatic rings. The van der Waals surface area contributed by atoms with Crippen LogP contribution in [0.1, 0.15) is 37.4 Å². The molecule has 1 aliphatic carbocycles. The summed E-state index contributed by atoms with van der Waals surface area (Å²) in [5.74, 6) is 1.44. The standard InChI is InChI=1S/C26H24N6OS/c27-24-22-13-29-26(17-6-4-16(5-7-17)25(28)33)32(22)14-21(31-24)18-8-3-15-9-10-19(30-20(15)12-18)23-2-1-11-34-23/h1-3,8-14,16-17H,4-7H2,(H2,27,31)(H2,28,33). The lowest BCUT2D eigenvalue weighted by atomic mass is 9.81. The van der Waals surface area contributed by atoms with Crippen molar-refractivity contribution in [1.82, 2.24) is 19.4 Å². The minimum absolute atomic E-state index is 0.0334. The monoisotopic (exact) mass is 468 g/mol. The Hall–Kier alpha value is -3.78. The van der Waals surface area contributed by atoms with Gasteiger partial charge in [-0.2, -0.15) is 0 Å². The van der Waals surface area contributed by atoms with Crippen molar-refractivity contribution in [3.63, 3.8) is 0 Å². The second-order valence-corrected chi connectivity index (χ2v) is 9.86. The molecule has 1 saturated carbocycles. The molecular formula is C26H24N6OS. The van der Waals surface area contributed by atoms with E-state index in [9.17, 15) is 4.79 Å². The molecule has 170 valence electrons. The zero-order chi connectivity index (χ0) is 23.2. The number of imidazole rings is 1. The molecule has 1 amide bonds. The Bertz CT molecular complexity index is 1520. The number of nitrogens with two attached hydrogens (primary N) is 2. The van der Waals surface area contributed by atoms with Gasteiger partial charge in [-0.15, -0.1) is 11.3 Å². The molecule has 0 saturated heterocycles. The third-order valence-electron chi connectivity index (χ3n) is 6.84. The van der Waals surface area contributed by atoms with E-state index in [1.165, 1.54) is 0 Å². The third-order valence-corrected chi connectivity index (χ3v) is 7.73. The highest BCUT2D eigenvalue weighted by atomic mass is 32.1. The number of primary amides is 1. The van der Waals surface area contributed by atoms with E-state index in [2.05, 4.69) is 51.2 Å². The fourth-order valence-corrected chi connectivity index (χ4v) is 5.65. The van der Waals surface area contributed by atoms with E-state index in [4.69, 9.17) is 21.4 Å². The first-order valence-corrected chi connectivity index (χ1v) is 12.3. The van der Waals surface area contributed by atoms with E-state index < -0.39 is 0 Å². The molecule has 4 N–H and O–H groups in total. The van der Waals surface area contributed by atoms with Crippen molar-refractivity contribution in [2.24, 2.45) is 11.7 Å². The quantitative estimate of drug-likeness (QED) is 0.385. The van der Waals surface area contributed by atoms with Gasteiger partial charge in [-0.05, 0) is 49.3 Å². The Morgan fingerprint density at radius 2 is 1.85 bits per heavy atom. The number of hydrogen-bond acceptors (Lipinski definition) is 6. The second kappa shape index (κ2) is 8.22. The van der Waals surface area contributed by atoms with Gasteiger partial charge in [0.15, 0.2) is 0 Å². The minimum atomic E-state index is -0.200. The van der Waals surface area contributed by atoms with Crippen molar-refractivity contribution >= 4 is 39.5 Å². The number of benzene rings is 1. The summed E-state index contributed by atoms with van der Waals surface area (Å²) in [7, 11) is 0. The summed E-state index contributed by atoms with van der Waals surface area (Å²) in [5.41, 5.74) is 16.3. The predicted octanol–water partition coefficient (Wildman–Crippen LogP) is 5.01. The molecule has 0 aliphatic heterocycles. The van der Waals surface area contributed by atoms with Gasteiger partial charge in [-0.1, -0.05) is 24.3 Å². The van der Waals surface area contributed by atoms with Crippen molar-refractivity contribution in [1.29, 1.82) is 0 Å². The maximum atomic E-state index is 11.6. The molecule has 0 atom stereocenters. The van der Waals surface area contributed by atoms with Crippen LogP contribution in [0, 0.1) is 5.92 Å². The SMILES string of the molecule is NC(=O)C1CCC(c2ncc3c(N)nc(-c4ccc5ccc(-c6cccs6)nc5c4)cn23)CC1. The van der Waals surface area contributed by atoms with Gasteiger partial charge in [0.05, 0.1) is 28.0 Å². The molecule has 0 unspecified atom stereocenters. The summed E-state index contributed by atoms with van der Waals surface area (Å²) in [4.78, 5) is 27.0. The number of carbonyl (C=O) groups excluding carboxylic acids is 1. The lowest BCUT2D eigenvalue weighted by molar-refractivity contribution is -0.122. The maximum Gasteiger partial charge on any atom is 0.220 e. The number of nitrogens with zero attached hydrogens (tertiary/aromatic N) is 4. The van der Waals surface area contributed by atoms with E-state index in [1.807, 2.05) is 12.3 Å². The van der Waals surface area contributed by atoms with E-state index in [0.717, 1.165) is 69.8 Å². The molecule has 0 spiro atoms. The Kier molecular flexibility index (Phi) is 5.03. The van der Waals surface area contributed by atoms with Crippen LogP contribution in [-0.2, 0) is 4.79 Å². The molecule has 1 aliphatic rings. The number of hydrogen-bond donors (Lipinski definition) is 2. The number of nitrogen functional groups attached to an aromatic ring is 1. The van der Waals surface area contributed by atoms with Gasteiger partial charge < -0.3 is 11.5 Å². The van der Waals surface area contributed by atoms with Crippen LogP contribution in [-0.4, -0.2) is 25.3 Å². The third kappa shape index (κ3) is 3.60. The van der Waals surface area contributed by atoms with Gasteiger partial charge in [-0.3, -0.25) is 9.20 Å². The summed E-state index contributed by atoms with van der Waals surface area (Å²) in [6, 6.07) is 14.5.